The molecule has 0 aliphatic heterocycles. The first-order chi connectivity index (χ1) is 9.71. The third-order valence-electron chi connectivity index (χ3n) is 3.57. The van der Waals surface area contributed by atoms with Crippen LogP contribution in [0.2, 0.25) is 0 Å². The molecule has 106 valence electrons. The lowest BCUT2D eigenvalue weighted by atomic mass is 10.0. The third-order valence-corrected chi connectivity index (χ3v) is 3.57. The van der Waals surface area contributed by atoms with E-state index in [1.165, 1.54) is 4.68 Å². The van der Waals surface area contributed by atoms with E-state index in [1.807, 2.05) is 0 Å². The predicted octanol–water partition coefficient (Wildman–Crippen LogP) is 0.214. The maximum Gasteiger partial charge on any atom is 0.257 e. The van der Waals surface area contributed by atoms with E-state index in [1.54, 1.807) is 18.5 Å². The van der Waals surface area contributed by atoms with Crippen molar-refractivity contribution in [2.75, 3.05) is 24.2 Å². The Bertz CT molecular complexity index is 579. The molecule has 0 amide bonds. The molecule has 0 aromatic carbocycles. The molecule has 2 aromatic rings. The molecule has 1 aliphatic rings. The molecule has 1 saturated carbocycles. The molecule has 3 rings (SSSR count). The SMILES string of the molecule is Nc1nc(NCC2(CCO)CC2)nc(-n2cccn2)n1. The molecule has 8 heteroatoms. The van der Waals surface area contributed by atoms with Crippen molar-refractivity contribution < 1.29 is 5.11 Å². The van der Waals surface area contributed by atoms with E-state index >= 15 is 0 Å². The van der Waals surface area contributed by atoms with Crippen molar-refractivity contribution in [3.05, 3.63) is 18.5 Å². The minimum absolute atomic E-state index is 0.153. The van der Waals surface area contributed by atoms with Crippen LogP contribution in [-0.2, 0) is 0 Å². The summed E-state index contributed by atoms with van der Waals surface area (Å²) >= 11 is 0. The highest BCUT2D eigenvalue weighted by molar-refractivity contribution is 5.35. The minimum Gasteiger partial charge on any atom is -0.396 e. The zero-order valence-electron chi connectivity index (χ0n) is 11.0. The number of hydrogen-bond donors (Lipinski definition) is 3. The number of anilines is 2. The van der Waals surface area contributed by atoms with E-state index in [-0.39, 0.29) is 18.0 Å². The molecule has 2 aromatic heterocycles. The van der Waals surface area contributed by atoms with Gasteiger partial charge < -0.3 is 16.2 Å². The van der Waals surface area contributed by atoms with Crippen LogP contribution in [0.4, 0.5) is 11.9 Å². The summed E-state index contributed by atoms with van der Waals surface area (Å²) < 4.78 is 1.53. The molecule has 20 heavy (non-hydrogen) atoms. The van der Waals surface area contributed by atoms with Gasteiger partial charge in [-0.05, 0) is 30.7 Å². The van der Waals surface area contributed by atoms with Gasteiger partial charge in [0.2, 0.25) is 11.9 Å². The lowest BCUT2D eigenvalue weighted by Gasteiger charge is -2.14. The number of aliphatic hydroxyl groups excluding tert-OH is 1. The van der Waals surface area contributed by atoms with Crippen LogP contribution in [0, 0.1) is 5.41 Å². The van der Waals surface area contributed by atoms with E-state index in [2.05, 4.69) is 25.4 Å². The number of nitrogens with two attached hydrogens (primary N) is 1. The Labute approximate surface area is 116 Å². The first-order valence-electron chi connectivity index (χ1n) is 6.57. The summed E-state index contributed by atoms with van der Waals surface area (Å²) in [4.78, 5) is 12.4. The number of aliphatic hydroxyl groups is 1. The maximum atomic E-state index is 9.05. The summed E-state index contributed by atoms with van der Waals surface area (Å²) in [7, 11) is 0. The van der Waals surface area contributed by atoms with Gasteiger partial charge in [0.25, 0.3) is 5.95 Å². The average molecular weight is 275 g/mol. The molecule has 0 saturated heterocycles. The highest BCUT2D eigenvalue weighted by Crippen LogP contribution is 2.48. The van der Waals surface area contributed by atoms with Gasteiger partial charge in [-0.3, -0.25) is 0 Å². The second kappa shape index (κ2) is 5.04. The van der Waals surface area contributed by atoms with Gasteiger partial charge in [0.05, 0.1) is 0 Å². The van der Waals surface area contributed by atoms with Crippen molar-refractivity contribution >= 4 is 11.9 Å². The monoisotopic (exact) mass is 275 g/mol. The highest BCUT2D eigenvalue weighted by Gasteiger charge is 2.41. The van der Waals surface area contributed by atoms with Crippen molar-refractivity contribution in [2.45, 2.75) is 19.3 Å². The maximum absolute atomic E-state index is 9.05. The number of nitrogens with one attached hydrogen (secondary N) is 1. The second-order valence-electron chi connectivity index (χ2n) is 5.10. The van der Waals surface area contributed by atoms with E-state index in [0.29, 0.717) is 11.9 Å². The molecule has 0 spiro atoms. The van der Waals surface area contributed by atoms with Gasteiger partial charge in [-0.2, -0.15) is 20.1 Å². The summed E-state index contributed by atoms with van der Waals surface area (Å²) in [6.07, 6.45) is 6.42. The van der Waals surface area contributed by atoms with Gasteiger partial charge in [-0.1, -0.05) is 0 Å². The van der Waals surface area contributed by atoms with Crippen LogP contribution in [-0.4, -0.2) is 43.0 Å². The largest absolute Gasteiger partial charge is 0.396 e. The fourth-order valence-electron chi connectivity index (χ4n) is 2.14. The van der Waals surface area contributed by atoms with Gasteiger partial charge in [-0.15, -0.1) is 0 Å². The van der Waals surface area contributed by atoms with E-state index in [0.717, 1.165) is 25.8 Å². The predicted molar refractivity (Wildman–Crippen MR) is 73.2 cm³/mol. The molecule has 0 radical (unpaired) electrons. The molecular weight excluding hydrogens is 258 g/mol. The summed E-state index contributed by atoms with van der Waals surface area (Å²) in [6.45, 7) is 0.940. The van der Waals surface area contributed by atoms with E-state index in [9.17, 15) is 0 Å². The number of rotatable bonds is 6. The Morgan fingerprint density at radius 2 is 2.20 bits per heavy atom. The Morgan fingerprint density at radius 1 is 1.35 bits per heavy atom. The molecule has 8 nitrogen and oxygen atoms in total. The number of hydrogen-bond acceptors (Lipinski definition) is 7. The molecule has 4 N–H and O–H groups in total. The zero-order valence-corrected chi connectivity index (χ0v) is 11.0. The summed E-state index contributed by atoms with van der Waals surface area (Å²) in [6, 6.07) is 1.79. The Morgan fingerprint density at radius 3 is 2.85 bits per heavy atom. The van der Waals surface area contributed by atoms with Crippen LogP contribution in [0.25, 0.3) is 5.95 Å². The molecule has 0 atom stereocenters. The smallest absolute Gasteiger partial charge is 0.257 e. The molecule has 1 fully saturated rings. The number of aromatic nitrogens is 5. The first kappa shape index (κ1) is 12.8. The Hall–Kier alpha value is -2.22. The molecule has 2 heterocycles. The zero-order chi connectivity index (χ0) is 14.0. The van der Waals surface area contributed by atoms with Gasteiger partial charge in [0.1, 0.15) is 0 Å². The molecule has 1 aliphatic carbocycles. The summed E-state index contributed by atoms with van der Waals surface area (Å²) in [5.74, 6) is 0.976. The Kier molecular flexibility index (Phi) is 3.23. The van der Waals surface area contributed by atoms with Crippen molar-refractivity contribution in [3.8, 4) is 5.95 Å². The van der Waals surface area contributed by atoms with Crippen molar-refractivity contribution in [2.24, 2.45) is 5.41 Å². The van der Waals surface area contributed by atoms with Crippen LogP contribution >= 0.6 is 0 Å². The van der Waals surface area contributed by atoms with E-state index < -0.39 is 0 Å². The quantitative estimate of drug-likeness (QED) is 0.690. The first-order valence-corrected chi connectivity index (χ1v) is 6.57. The number of nitrogens with zero attached hydrogens (tertiary/aromatic N) is 5. The standard InChI is InChI=1S/C12H17N7O/c13-9-16-10(14-8-12(2-3-12)4-7-20)18-11(17-9)19-6-1-5-15-19/h1,5-6,20H,2-4,7-8H2,(H3,13,14,16,17,18). The molecule has 0 bridgehead atoms. The van der Waals surface area contributed by atoms with Crippen LogP contribution in [0.5, 0.6) is 0 Å². The normalized spacial score (nSPS) is 16.1. The van der Waals surface area contributed by atoms with Gasteiger partial charge in [0.15, 0.2) is 0 Å². The lowest BCUT2D eigenvalue weighted by molar-refractivity contribution is 0.253. The van der Waals surface area contributed by atoms with Crippen LogP contribution in [0.3, 0.4) is 0 Å². The van der Waals surface area contributed by atoms with Crippen molar-refractivity contribution in [1.82, 2.24) is 24.7 Å². The summed E-state index contributed by atoms with van der Waals surface area (Å²) in [5.41, 5.74) is 5.88. The topological polar surface area (TPSA) is 115 Å². The molecule has 0 unspecified atom stereocenters. The average Bonchev–Trinajstić information content (AvgIpc) is 2.99. The third kappa shape index (κ3) is 2.69. The lowest BCUT2D eigenvalue weighted by Crippen LogP contribution is -2.19. The number of nitrogen functional groups attached to an aromatic ring is 1. The summed E-state index contributed by atoms with van der Waals surface area (Å²) in [5, 5.41) is 16.3. The van der Waals surface area contributed by atoms with Crippen molar-refractivity contribution in [1.29, 1.82) is 0 Å². The van der Waals surface area contributed by atoms with Crippen molar-refractivity contribution in [3.63, 3.8) is 0 Å². The highest BCUT2D eigenvalue weighted by atomic mass is 16.3. The molecular formula is C12H17N7O. The van der Waals surface area contributed by atoms with Gasteiger partial charge in [-0.25, -0.2) is 4.68 Å². The second-order valence-corrected chi connectivity index (χ2v) is 5.10. The van der Waals surface area contributed by atoms with Crippen LogP contribution < -0.4 is 11.1 Å². The Balaban J connectivity index is 1.74. The van der Waals surface area contributed by atoms with Gasteiger partial charge in [0, 0.05) is 25.5 Å². The van der Waals surface area contributed by atoms with Crippen LogP contribution in [0.15, 0.2) is 18.5 Å². The fourth-order valence-corrected chi connectivity index (χ4v) is 2.14. The fraction of sp³-hybridized carbons (Fsp3) is 0.500. The van der Waals surface area contributed by atoms with E-state index in [4.69, 9.17) is 10.8 Å². The minimum atomic E-state index is 0.153. The van der Waals surface area contributed by atoms with Gasteiger partial charge >= 0.3 is 0 Å². The van der Waals surface area contributed by atoms with Crippen LogP contribution in [0.1, 0.15) is 19.3 Å².